The minimum absolute atomic E-state index is 0.485. The highest BCUT2D eigenvalue weighted by molar-refractivity contribution is 5.01. The minimum atomic E-state index is 0.485. The monoisotopic (exact) mass is 235 g/mol. The molecule has 1 N–H and O–H groups in total. The Morgan fingerprint density at radius 3 is 1.88 bits per heavy atom. The van der Waals surface area contributed by atoms with E-state index in [2.05, 4.69) is 26.1 Å². The molecular weight excluding hydrogens is 206 g/mol. The highest BCUT2D eigenvalue weighted by Crippen LogP contribution is 2.53. The standard InChI is InChI=1S/C16H29N/c1-16(2,3)4-5-17-15-13-7-11-6-12(9-13)10-14(15)8-11/h11-15,17H,4-10H2,1-3H3. The summed E-state index contributed by atoms with van der Waals surface area (Å²) in [5.41, 5.74) is 0.485. The molecule has 0 aromatic rings. The van der Waals surface area contributed by atoms with E-state index in [0.29, 0.717) is 5.41 Å². The second-order valence-electron chi connectivity index (χ2n) is 8.22. The van der Waals surface area contributed by atoms with E-state index in [4.69, 9.17) is 0 Å². The smallest absolute Gasteiger partial charge is 0.0124 e. The van der Waals surface area contributed by atoms with Crippen LogP contribution >= 0.6 is 0 Å². The maximum Gasteiger partial charge on any atom is 0.0124 e. The molecule has 4 fully saturated rings. The van der Waals surface area contributed by atoms with E-state index >= 15 is 0 Å². The number of rotatable bonds is 3. The van der Waals surface area contributed by atoms with Crippen molar-refractivity contribution in [2.24, 2.45) is 29.1 Å². The molecule has 1 heteroatoms. The van der Waals surface area contributed by atoms with Crippen molar-refractivity contribution in [1.29, 1.82) is 0 Å². The molecule has 0 heterocycles. The third kappa shape index (κ3) is 2.54. The van der Waals surface area contributed by atoms with Crippen LogP contribution in [0.5, 0.6) is 0 Å². The van der Waals surface area contributed by atoms with E-state index in [1.54, 1.807) is 32.1 Å². The average molecular weight is 235 g/mol. The lowest BCUT2D eigenvalue weighted by atomic mass is 9.54. The molecule has 0 aliphatic heterocycles. The molecule has 0 radical (unpaired) electrons. The molecule has 17 heavy (non-hydrogen) atoms. The summed E-state index contributed by atoms with van der Waals surface area (Å²) in [5.74, 6) is 4.29. The Kier molecular flexibility index (Phi) is 3.01. The molecule has 4 rings (SSSR count). The quantitative estimate of drug-likeness (QED) is 0.784. The second kappa shape index (κ2) is 4.26. The Bertz CT molecular complexity index is 248. The van der Waals surface area contributed by atoms with Gasteiger partial charge in [0.05, 0.1) is 0 Å². The van der Waals surface area contributed by atoms with Crippen LogP contribution in [-0.2, 0) is 0 Å². The van der Waals surface area contributed by atoms with Crippen molar-refractivity contribution in [3.8, 4) is 0 Å². The Labute approximate surface area is 107 Å². The fourth-order valence-corrected chi connectivity index (χ4v) is 4.87. The Hall–Kier alpha value is -0.0400. The number of hydrogen-bond acceptors (Lipinski definition) is 1. The zero-order valence-corrected chi connectivity index (χ0v) is 11.8. The summed E-state index contributed by atoms with van der Waals surface area (Å²) in [5, 5.41) is 3.92. The summed E-state index contributed by atoms with van der Waals surface area (Å²) >= 11 is 0. The molecule has 98 valence electrons. The molecule has 0 spiro atoms. The van der Waals surface area contributed by atoms with Crippen molar-refractivity contribution in [3.63, 3.8) is 0 Å². The first-order valence-electron chi connectivity index (χ1n) is 7.74. The topological polar surface area (TPSA) is 12.0 Å². The molecule has 1 nitrogen and oxygen atoms in total. The largest absolute Gasteiger partial charge is 0.313 e. The van der Waals surface area contributed by atoms with Crippen molar-refractivity contribution >= 4 is 0 Å². The van der Waals surface area contributed by atoms with Gasteiger partial charge in [-0.15, -0.1) is 0 Å². The molecule has 4 bridgehead atoms. The highest BCUT2D eigenvalue weighted by Gasteiger charge is 2.47. The fourth-order valence-electron chi connectivity index (χ4n) is 4.87. The zero-order valence-electron chi connectivity index (χ0n) is 11.8. The van der Waals surface area contributed by atoms with Gasteiger partial charge in [-0.1, -0.05) is 20.8 Å². The third-order valence-electron chi connectivity index (χ3n) is 5.48. The van der Waals surface area contributed by atoms with Crippen LogP contribution in [0.15, 0.2) is 0 Å². The summed E-state index contributed by atoms with van der Waals surface area (Å²) in [6.07, 6.45) is 9.05. The maximum absolute atomic E-state index is 3.92. The molecule has 4 saturated carbocycles. The van der Waals surface area contributed by atoms with Gasteiger partial charge in [0.1, 0.15) is 0 Å². The second-order valence-corrected chi connectivity index (χ2v) is 8.22. The van der Waals surface area contributed by atoms with E-state index in [1.807, 2.05) is 0 Å². The van der Waals surface area contributed by atoms with Gasteiger partial charge in [0.25, 0.3) is 0 Å². The van der Waals surface area contributed by atoms with Gasteiger partial charge in [0.2, 0.25) is 0 Å². The Morgan fingerprint density at radius 2 is 1.41 bits per heavy atom. The first-order valence-corrected chi connectivity index (χ1v) is 7.74. The van der Waals surface area contributed by atoms with Crippen LogP contribution in [0.25, 0.3) is 0 Å². The molecular formula is C16H29N. The summed E-state index contributed by atoms with van der Waals surface area (Å²) in [6, 6.07) is 0.880. The van der Waals surface area contributed by atoms with Crippen LogP contribution in [0.4, 0.5) is 0 Å². The van der Waals surface area contributed by atoms with Crippen LogP contribution in [0.1, 0.15) is 59.3 Å². The van der Waals surface area contributed by atoms with Gasteiger partial charge in [-0.25, -0.2) is 0 Å². The van der Waals surface area contributed by atoms with Crippen molar-refractivity contribution < 1.29 is 0 Å². The zero-order chi connectivity index (χ0) is 12.0. The fraction of sp³-hybridized carbons (Fsp3) is 1.00. The summed E-state index contributed by atoms with van der Waals surface area (Å²) in [4.78, 5) is 0. The van der Waals surface area contributed by atoms with Crippen molar-refractivity contribution in [3.05, 3.63) is 0 Å². The van der Waals surface area contributed by atoms with Gasteiger partial charge >= 0.3 is 0 Å². The first kappa shape index (κ1) is 12.0. The van der Waals surface area contributed by atoms with Crippen molar-refractivity contribution in [1.82, 2.24) is 5.32 Å². The average Bonchev–Trinajstić information content (AvgIpc) is 2.19. The molecule has 0 atom stereocenters. The van der Waals surface area contributed by atoms with E-state index in [9.17, 15) is 0 Å². The molecule has 0 unspecified atom stereocenters. The lowest BCUT2D eigenvalue weighted by Gasteiger charge is -2.54. The normalized spacial score (nSPS) is 44.3. The van der Waals surface area contributed by atoms with Crippen LogP contribution in [0.3, 0.4) is 0 Å². The molecule has 4 aliphatic carbocycles. The molecule has 0 aromatic carbocycles. The molecule has 0 aromatic heterocycles. The van der Waals surface area contributed by atoms with E-state index < -0.39 is 0 Å². The Morgan fingerprint density at radius 1 is 0.882 bits per heavy atom. The third-order valence-corrected chi connectivity index (χ3v) is 5.48. The van der Waals surface area contributed by atoms with Gasteiger partial charge in [0, 0.05) is 6.04 Å². The summed E-state index contributed by atoms with van der Waals surface area (Å²) in [6.45, 7) is 8.29. The van der Waals surface area contributed by atoms with Crippen LogP contribution in [0.2, 0.25) is 0 Å². The predicted octanol–water partition coefficient (Wildman–Crippen LogP) is 3.84. The van der Waals surface area contributed by atoms with Gasteiger partial charge in [-0.2, -0.15) is 0 Å². The summed E-state index contributed by atoms with van der Waals surface area (Å²) in [7, 11) is 0. The van der Waals surface area contributed by atoms with Gasteiger partial charge < -0.3 is 5.32 Å². The van der Waals surface area contributed by atoms with E-state index in [0.717, 1.165) is 29.7 Å². The number of hydrogen-bond donors (Lipinski definition) is 1. The first-order chi connectivity index (χ1) is 8.01. The SMILES string of the molecule is CC(C)(C)CCNC1C2CC3CC(C2)CC1C3. The Balaban J connectivity index is 1.54. The summed E-state index contributed by atoms with van der Waals surface area (Å²) < 4.78 is 0. The van der Waals surface area contributed by atoms with Gasteiger partial charge in [-0.05, 0) is 74.2 Å². The maximum atomic E-state index is 3.92. The van der Waals surface area contributed by atoms with Crippen LogP contribution < -0.4 is 5.32 Å². The molecule has 0 amide bonds. The minimum Gasteiger partial charge on any atom is -0.313 e. The van der Waals surface area contributed by atoms with Gasteiger partial charge in [0.15, 0.2) is 0 Å². The lowest BCUT2D eigenvalue weighted by molar-refractivity contribution is -0.0142. The van der Waals surface area contributed by atoms with E-state index in [-0.39, 0.29) is 0 Å². The van der Waals surface area contributed by atoms with E-state index in [1.165, 1.54) is 13.0 Å². The van der Waals surface area contributed by atoms with Crippen LogP contribution in [0, 0.1) is 29.1 Å². The van der Waals surface area contributed by atoms with Gasteiger partial charge in [-0.3, -0.25) is 0 Å². The van der Waals surface area contributed by atoms with Crippen molar-refractivity contribution in [2.45, 2.75) is 65.3 Å². The molecule has 0 saturated heterocycles. The van der Waals surface area contributed by atoms with Crippen LogP contribution in [-0.4, -0.2) is 12.6 Å². The van der Waals surface area contributed by atoms with Crippen molar-refractivity contribution in [2.75, 3.05) is 6.54 Å². The number of nitrogens with one attached hydrogen (secondary N) is 1. The predicted molar refractivity (Wildman–Crippen MR) is 72.9 cm³/mol. The lowest BCUT2D eigenvalue weighted by Crippen LogP contribution is -2.54. The highest BCUT2D eigenvalue weighted by atomic mass is 14.9. The molecule has 4 aliphatic rings.